The highest BCUT2D eigenvalue weighted by atomic mass is 16.3. The third-order valence-electron chi connectivity index (χ3n) is 3.35. The second kappa shape index (κ2) is 7.11. The summed E-state index contributed by atoms with van der Waals surface area (Å²) < 4.78 is 0. The van der Waals surface area contributed by atoms with E-state index in [1.165, 1.54) is 23.8 Å². The number of hydrogen-bond donors (Lipinski definition) is 4. The molecule has 0 fully saturated rings. The van der Waals surface area contributed by atoms with E-state index in [0.717, 1.165) is 6.42 Å². The van der Waals surface area contributed by atoms with Gasteiger partial charge in [0.1, 0.15) is 11.5 Å². The summed E-state index contributed by atoms with van der Waals surface area (Å²) in [5.74, 6) is -0.109. The van der Waals surface area contributed by atoms with Gasteiger partial charge in [-0.1, -0.05) is 30.3 Å². The highest BCUT2D eigenvalue weighted by Crippen LogP contribution is 2.24. The van der Waals surface area contributed by atoms with Gasteiger partial charge in [-0.2, -0.15) is 0 Å². The number of phenolic OH excluding ortho intramolecular Hbond substituents is 2. The topological polar surface area (TPSA) is 72.7 Å². The van der Waals surface area contributed by atoms with Gasteiger partial charge in [-0.3, -0.25) is 0 Å². The average molecular weight is 287 g/mol. The Balaban J connectivity index is 1.87. The maximum Gasteiger partial charge on any atom is 0.119 e. The number of aliphatic hydroxyl groups excluding tert-OH is 1. The summed E-state index contributed by atoms with van der Waals surface area (Å²) >= 11 is 0. The largest absolute Gasteiger partial charge is 0.508 e. The quantitative estimate of drug-likeness (QED) is 0.658. The van der Waals surface area contributed by atoms with E-state index in [2.05, 4.69) is 24.4 Å². The minimum atomic E-state index is -0.777. The zero-order chi connectivity index (χ0) is 15.2. The van der Waals surface area contributed by atoms with Gasteiger partial charge in [-0.15, -0.1) is 0 Å². The molecule has 0 aliphatic rings. The van der Waals surface area contributed by atoms with Crippen LogP contribution in [-0.4, -0.2) is 27.9 Å². The van der Waals surface area contributed by atoms with Crippen LogP contribution in [0.25, 0.3) is 0 Å². The van der Waals surface area contributed by atoms with Gasteiger partial charge < -0.3 is 20.6 Å². The predicted molar refractivity (Wildman–Crippen MR) is 82.3 cm³/mol. The molecule has 0 heterocycles. The molecule has 4 heteroatoms. The van der Waals surface area contributed by atoms with Gasteiger partial charge in [0.15, 0.2) is 0 Å². The van der Waals surface area contributed by atoms with Crippen LogP contribution in [0.1, 0.15) is 24.2 Å². The van der Waals surface area contributed by atoms with Gasteiger partial charge in [-0.25, -0.2) is 0 Å². The molecule has 0 radical (unpaired) electrons. The molecule has 0 aliphatic heterocycles. The lowest BCUT2D eigenvalue weighted by Crippen LogP contribution is -2.32. The maximum absolute atomic E-state index is 10.1. The molecule has 0 bridgehead atoms. The van der Waals surface area contributed by atoms with Crippen LogP contribution in [0.2, 0.25) is 0 Å². The molecule has 112 valence electrons. The summed E-state index contributed by atoms with van der Waals surface area (Å²) in [6.45, 7) is 2.41. The van der Waals surface area contributed by atoms with E-state index in [0.29, 0.717) is 12.1 Å². The van der Waals surface area contributed by atoms with Crippen LogP contribution < -0.4 is 5.32 Å². The fourth-order valence-electron chi connectivity index (χ4n) is 2.28. The molecule has 0 aliphatic carbocycles. The molecule has 0 amide bonds. The zero-order valence-electron chi connectivity index (χ0n) is 12.0. The van der Waals surface area contributed by atoms with Crippen molar-refractivity contribution >= 4 is 0 Å². The van der Waals surface area contributed by atoms with Crippen LogP contribution in [0.5, 0.6) is 11.5 Å². The van der Waals surface area contributed by atoms with Crippen LogP contribution in [0.3, 0.4) is 0 Å². The Morgan fingerprint density at radius 2 is 1.62 bits per heavy atom. The third kappa shape index (κ3) is 4.77. The van der Waals surface area contributed by atoms with Gasteiger partial charge in [0.25, 0.3) is 0 Å². The molecule has 2 atom stereocenters. The molecular formula is C17H21NO3. The lowest BCUT2D eigenvalue weighted by molar-refractivity contribution is 0.170. The summed E-state index contributed by atoms with van der Waals surface area (Å²) in [5, 5.41) is 32.2. The Bertz CT molecular complexity index is 551. The summed E-state index contributed by atoms with van der Waals surface area (Å²) in [5.41, 5.74) is 1.73. The molecule has 4 nitrogen and oxygen atoms in total. The Kier molecular flexibility index (Phi) is 5.20. The third-order valence-corrected chi connectivity index (χ3v) is 3.35. The summed E-state index contributed by atoms with van der Waals surface area (Å²) in [6.07, 6.45) is 0.0972. The van der Waals surface area contributed by atoms with Crippen molar-refractivity contribution in [2.45, 2.75) is 25.5 Å². The number of benzene rings is 2. The van der Waals surface area contributed by atoms with E-state index >= 15 is 0 Å². The van der Waals surface area contributed by atoms with Gasteiger partial charge >= 0.3 is 0 Å². The molecule has 4 N–H and O–H groups in total. The minimum absolute atomic E-state index is 0.0543. The first-order valence-electron chi connectivity index (χ1n) is 7.03. The summed E-state index contributed by atoms with van der Waals surface area (Å²) in [7, 11) is 0. The second-order valence-electron chi connectivity index (χ2n) is 5.30. The first-order valence-corrected chi connectivity index (χ1v) is 7.03. The SMILES string of the molecule is C[C@@H](Cc1ccccc1)NC[C@H](O)c1cc(O)cc(O)c1. The second-order valence-corrected chi connectivity index (χ2v) is 5.30. The molecule has 0 aromatic heterocycles. The van der Waals surface area contributed by atoms with Crippen LogP contribution in [0.4, 0.5) is 0 Å². The number of phenols is 2. The molecule has 0 spiro atoms. The molecule has 2 rings (SSSR count). The Morgan fingerprint density at radius 1 is 1.00 bits per heavy atom. The summed E-state index contributed by atoms with van der Waals surface area (Å²) in [4.78, 5) is 0. The van der Waals surface area contributed by atoms with Crippen LogP contribution in [0, 0.1) is 0 Å². The predicted octanol–water partition coefficient (Wildman–Crippen LogP) is 2.35. The number of rotatable bonds is 6. The lowest BCUT2D eigenvalue weighted by atomic mass is 10.1. The lowest BCUT2D eigenvalue weighted by Gasteiger charge is -2.18. The highest BCUT2D eigenvalue weighted by Gasteiger charge is 2.11. The van der Waals surface area contributed by atoms with Crippen molar-refractivity contribution < 1.29 is 15.3 Å². The molecule has 2 aromatic rings. The molecule has 0 saturated carbocycles. The van der Waals surface area contributed by atoms with Gasteiger partial charge in [0, 0.05) is 18.7 Å². The van der Waals surface area contributed by atoms with Crippen molar-refractivity contribution in [3.8, 4) is 11.5 Å². The Morgan fingerprint density at radius 3 is 2.24 bits per heavy atom. The molecule has 2 aromatic carbocycles. The van der Waals surface area contributed by atoms with Gasteiger partial charge in [0.05, 0.1) is 6.10 Å². The van der Waals surface area contributed by atoms with E-state index in [4.69, 9.17) is 0 Å². The van der Waals surface area contributed by atoms with Crippen LogP contribution >= 0.6 is 0 Å². The van der Waals surface area contributed by atoms with Crippen molar-refractivity contribution in [3.05, 3.63) is 59.7 Å². The van der Waals surface area contributed by atoms with E-state index < -0.39 is 6.10 Å². The smallest absolute Gasteiger partial charge is 0.119 e. The van der Waals surface area contributed by atoms with Crippen molar-refractivity contribution in [1.29, 1.82) is 0 Å². The fraction of sp³-hybridized carbons (Fsp3) is 0.294. The molecule has 0 unspecified atom stereocenters. The number of aliphatic hydroxyl groups is 1. The number of hydrogen-bond acceptors (Lipinski definition) is 4. The first kappa shape index (κ1) is 15.4. The fourth-order valence-corrected chi connectivity index (χ4v) is 2.28. The van der Waals surface area contributed by atoms with Crippen molar-refractivity contribution in [2.75, 3.05) is 6.54 Å². The first-order chi connectivity index (χ1) is 10.0. The maximum atomic E-state index is 10.1. The van der Waals surface area contributed by atoms with Crippen molar-refractivity contribution in [2.24, 2.45) is 0 Å². The standard InChI is InChI=1S/C17H21NO3/c1-12(7-13-5-3-2-4-6-13)18-11-17(21)14-8-15(19)10-16(20)9-14/h2-6,8-10,12,17-21H,7,11H2,1H3/t12-,17-/m0/s1. The van der Waals surface area contributed by atoms with Gasteiger partial charge in [-0.05, 0) is 36.6 Å². The Labute approximate surface area is 124 Å². The van der Waals surface area contributed by atoms with E-state index in [1.807, 2.05) is 18.2 Å². The van der Waals surface area contributed by atoms with Gasteiger partial charge in [0.2, 0.25) is 0 Å². The zero-order valence-corrected chi connectivity index (χ0v) is 12.0. The number of aromatic hydroxyl groups is 2. The Hall–Kier alpha value is -2.04. The van der Waals surface area contributed by atoms with Crippen LogP contribution in [-0.2, 0) is 6.42 Å². The molecule has 21 heavy (non-hydrogen) atoms. The molecule has 0 saturated heterocycles. The van der Waals surface area contributed by atoms with Crippen molar-refractivity contribution in [3.63, 3.8) is 0 Å². The van der Waals surface area contributed by atoms with E-state index in [1.54, 1.807) is 0 Å². The summed E-state index contributed by atoms with van der Waals surface area (Å²) in [6, 6.07) is 14.5. The van der Waals surface area contributed by atoms with E-state index in [-0.39, 0.29) is 17.5 Å². The van der Waals surface area contributed by atoms with E-state index in [9.17, 15) is 15.3 Å². The normalized spacial score (nSPS) is 13.8. The van der Waals surface area contributed by atoms with Crippen LogP contribution in [0.15, 0.2) is 48.5 Å². The monoisotopic (exact) mass is 287 g/mol. The molecular weight excluding hydrogens is 266 g/mol. The number of nitrogens with one attached hydrogen (secondary N) is 1. The average Bonchev–Trinajstić information content (AvgIpc) is 2.45. The minimum Gasteiger partial charge on any atom is -0.508 e. The van der Waals surface area contributed by atoms with Crippen molar-refractivity contribution in [1.82, 2.24) is 5.32 Å². The highest BCUT2D eigenvalue weighted by molar-refractivity contribution is 5.37.